The minimum absolute atomic E-state index is 0.684. The Hall–Kier alpha value is -0.0400. The van der Waals surface area contributed by atoms with E-state index in [1.165, 1.54) is 22.8 Å². The van der Waals surface area contributed by atoms with Gasteiger partial charge in [0.2, 0.25) is 0 Å². The fourth-order valence-corrected chi connectivity index (χ4v) is 10.6. The van der Waals surface area contributed by atoms with Gasteiger partial charge in [0.15, 0.2) is 0 Å². The van der Waals surface area contributed by atoms with Crippen LogP contribution >= 0.6 is 17.8 Å². The first kappa shape index (κ1) is 11.1. The summed E-state index contributed by atoms with van der Waals surface area (Å²) in [4.78, 5) is 2.14. The molecule has 0 saturated heterocycles. The van der Waals surface area contributed by atoms with Crippen molar-refractivity contribution in [3.63, 3.8) is 0 Å². The molecule has 0 amide bonds. The van der Waals surface area contributed by atoms with Crippen LogP contribution in [-0.4, -0.2) is 11.2 Å². The van der Waals surface area contributed by atoms with Crippen LogP contribution < -0.4 is 5.30 Å². The summed E-state index contributed by atoms with van der Waals surface area (Å²) in [5.41, 5.74) is 3.13. The Morgan fingerprint density at radius 3 is 2.81 bits per heavy atom. The van der Waals surface area contributed by atoms with Gasteiger partial charge in [0.25, 0.3) is 0 Å². The maximum Gasteiger partial charge on any atom is 0.0464 e. The molecule has 0 spiro atoms. The Balaban J connectivity index is 2.15. The van der Waals surface area contributed by atoms with Crippen molar-refractivity contribution in [1.29, 1.82) is 0 Å². The van der Waals surface area contributed by atoms with E-state index >= 15 is 0 Å². The molecule has 1 aromatic rings. The van der Waals surface area contributed by atoms with Crippen LogP contribution in [0.15, 0.2) is 40.3 Å². The van der Waals surface area contributed by atoms with Crippen LogP contribution in [0.4, 0.5) is 0 Å². The van der Waals surface area contributed by atoms with Crippen molar-refractivity contribution in [3.05, 3.63) is 35.4 Å². The standard InChI is InChI=1S/C13H15PS2/c1-9-7-13-14(15,8-10(9)2)11-5-3-4-6-12(11)16-13/h3-6,13H,7-8H2,1-2H3. The van der Waals surface area contributed by atoms with Crippen LogP contribution in [0, 0.1) is 0 Å². The lowest BCUT2D eigenvalue weighted by atomic mass is 10.1. The lowest BCUT2D eigenvalue weighted by molar-refractivity contribution is 1.00. The number of allylic oxidation sites excluding steroid dienone is 2. The molecule has 1 aromatic carbocycles. The lowest BCUT2D eigenvalue weighted by Crippen LogP contribution is -2.17. The third-order valence-electron chi connectivity index (χ3n) is 3.68. The van der Waals surface area contributed by atoms with Gasteiger partial charge >= 0.3 is 0 Å². The average molecular weight is 266 g/mol. The van der Waals surface area contributed by atoms with Crippen LogP contribution in [0.3, 0.4) is 0 Å². The van der Waals surface area contributed by atoms with Crippen molar-refractivity contribution in [2.24, 2.45) is 0 Å². The van der Waals surface area contributed by atoms with E-state index in [4.69, 9.17) is 11.8 Å². The van der Waals surface area contributed by atoms with Crippen LogP contribution in [-0.2, 0) is 11.8 Å². The van der Waals surface area contributed by atoms with Crippen LogP contribution in [0.1, 0.15) is 20.3 Å². The summed E-state index contributed by atoms with van der Waals surface area (Å²) >= 11 is 8.12. The zero-order valence-corrected chi connectivity index (χ0v) is 12.1. The number of rotatable bonds is 0. The van der Waals surface area contributed by atoms with E-state index in [2.05, 4.69) is 38.1 Å². The molecule has 0 fully saturated rings. The molecule has 2 aliphatic heterocycles. The molecule has 2 unspecified atom stereocenters. The molecule has 0 saturated carbocycles. The van der Waals surface area contributed by atoms with Gasteiger partial charge in [0, 0.05) is 27.4 Å². The highest BCUT2D eigenvalue weighted by Crippen LogP contribution is 2.66. The molecule has 84 valence electrons. The predicted molar refractivity (Wildman–Crippen MR) is 77.9 cm³/mol. The topological polar surface area (TPSA) is 0 Å². The van der Waals surface area contributed by atoms with Gasteiger partial charge in [-0.25, -0.2) is 0 Å². The molecule has 2 heterocycles. The first-order chi connectivity index (χ1) is 7.61. The van der Waals surface area contributed by atoms with Crippen LogP contribution in [0.2, 0.25) is 0 Å². The minimum atomic E-state index is -1.32. The molecule has 0 radical (unpaired) electrons. The number of hydrogen-bond donors (Lipinski definition) is 0. The first-order valence-electron chi connectivity index (χ1n) is 5.61. The van der Waals surface area contributed by atoms with Gasteiger partial charge in [-0.05, 0) is 26.3 Å². The molecule has 2 aliphatic rings. The zero-order chi connectivity index (χ0) is 11.3. The molecule has 0 aromatic heterocycles. The summed E-state index contributed by atoms with van der Waals surface area (Å²) in [6, 6.07) is 7.49. The smallest absolute Gasteiger partial charge is 0.0464 e. The van der Waals surface area contributed by atoms with E-state index in [9.17, 15) is 0 Å². The summed E-state index contributed by atoms with van der Waals surface area (Å²) in [7, 11) is 0. The minimum Gasteiger partial charge on any atom is -0.116 e. The highest BCUT2D eigenvalue weighted by molar-refractivity contribution is 8.27. The number of fused-ring (bicyclic) bond motifs is 3. The molecular weight excluding hydrogens is 251 g/mol. The molecular formula is C13H15PS2. The van der Waals surface area contributed by atoms with Crippen molar-refractivity contribution in [2.45, 2.75) is 30.2 Å². The SMILES string of the molecule is CC1=C(C)CP2(=S)c3ccccc3SC2C1. The summed E-state index contributed by atoms with van der Waals surface area (Å²) < 4.78 is 0. The van der Waals surface area contributed by atoms with Crippen molar-refractivity contribution in [3.8, 4) is 0 Å². The van der Waals surface area contributed by atoms with E-state index in [1.54, 1.807) is 11.1 Å². The van der Waals surface area contributed by atoms with Gasteiger partial charge in [-0.3, -0.25) is 0 Å². The molecule has 2 atom stereocenters. The fourth-order valence-electron chi connectivity index (χ4n) is 2.56. The fraction of sp³-hybridized carbons (Fsp3) is 0.385. The third kappa shape index (κ3) is 1.47. The van der Waals surface area contributed by atoms with Gasteiger partial charge in [0.05, 0.1) is 0 Å². The van der Waals surface area contributed by atoms with E-state index in [1.807, 2.05) is 11.8 Å². The Labute approximate surface area is 107 Å². The third-order valence-corrected chi connectivity index (χ3v) is 11.7. The van der Waals surface area contributed by atoms with Crippen LogP contribution in [0.5, 0.6) is 0 Å². The normalized spacial score (nSPS) is 32.5. The van der Waals surface area contributed by atoms with E-state index in [-0.39, 0.29) is 0 Å². The van der Waals surface area contributed by atoms with E-state index in [0.717, 1.165) is 0 Å². The number of benzene rings is 1. The molecule has 0 aliphatic carbocycles. The molecule has 0 N–H and O–H groups in total. The second kappa shape index (κ2) is 3.73. The first-order valence-corrected chi connectivity index (χ1v) is 9.55. The lowest BCUT2D eigenvalue weighted by Gasteiger charge is -2.31. The second-order valence-electron chi connectivity index (χ2n) is 4.76. The maximum atomic E-state index is 6.08. The van der Waals surface area contributed by atoms with Gasteiger partial charge in [0.1, 0.15) is 0 Å². The summed E-state index contributed by atoms with van der Waals surface area (Å²) in [5.74, 6) is 0. The number of hydrogen-bond acceptors (Lipinski definition) is 2. The van der Waals surface area contributed by atoms with Gasteiger partial charge < -0.3 is 0 Å². The Morgan fingerprint density at radius 2 is 2.00 bits per heavy atom. The highest BCUT2D eigenvalue weighted by Gasteiger charge is 2.41. The Morgan fingerprint density at radius 1 is 1.25 bits per heavy atom. The molecule has 0 nitrogen and oxygen atoms in total. The average Bonchev–Trinajstić information content (AvgIpc) is 2.53. The molecule has 0 bridgehead atoms. The largest absolute Gasteiger partial charge is 0.116 e. The van der Waals surface area contributed by atoms with Crippen molar-refractivity contribution in [2.75, 3.05) is 6.16 Å². The van der Waals surface area contributed by atoms with E-state index < -0.39 is 6.04 Å². The van der Waals surface area contributed by atoms with Crippen molar-refractivity contribution < 1.29 is 0 Å². The summed E-state index contributed by atoms with van der Waals surface area (Å²) in [6.07, 6.45) is 2.38. The monoisotopic (exact) mass is 266 g/mol. The van der Waals surface area contributed by atoms with Crippen molar-refractivity contribution in [1.82, 2.24) is 0 Å². The van der Waals surface area contributed by atoms with Gasteiger partial charge in [-0.15, -0.1) is 11.8 Å². The highest BCUT2D eigenvalue weighted by atomic mass is 32.4. The second-order valence-corrected chi connectivity index (χ2v) is 11.3. The van der Waals surface area contributed by atoms with Gasteiger partial charge in [-0.2, -0.15) is 0 Å². The van der Waals surface area contributed by atoms with Gasteiger partial charge in [-0.1, -0.05) is 41.2 Å². The van der Waals surface area contributed by atoms with E-state index in [0.29, 0.717) is 4.99 Å². The Kier molecular flexibility index (Phi) is 2.58. The molecule has 3 heteroatoms. The molecule has 16 heavy (non-hydrogen) atoms. The Bertz CT molecular complexity index is 530. The summed E-state index contributed by atoms with van der Waals surface area (Å²) in [6.45, 7) is 4.54. The molecule has 3 rings (SSSR count). The summed E-state index contributed by atoms with van der Waals surface area (Å²) in [5, 5.41) is 1.51. The van der Waals surface area contributed by atoms with Crippen LogP contribution in [0.25, 0.3) is 0 Å². The quantitative estimate of drug-likeness (QED) is 0.515. The van der Waals surface area contributed by atoms with Crippen molar-refractivity contribution >= 4 is 34.9 Å². The predicted octanol–water partition coefficient (Wildman–Crippen LogP) is 3.96. The maximum absolute atomic E-state index is 6.08. The zero-order valence-electron chi connectivity index (χ0n) is 9.56. The number of thioether (sulfide) groups is 1.